The molecular weight excluding hydrogens is 330 g/mol. The van der Waals surface area contributed by atoms with Crippen LogP contribution in [0, 0.1) is 0 Å². The van der Waals surface area contributed by atoms with E-state index in [1.165, 1.54) is 12.1 Å². The highest BCUT2D eigenvalue weighted by molar-refractivity contribution is 7.90. The first-order valence-electron chi connectivity index (χ1n) is 7.80. The first kappa shape index (κ1) is 18.1. The molecule has 0 aliphatic rings. The lowest BCUT2D eigenvalue weighted by molar-refractivity contribution is -0.116. The Balaban J connectivity index is 1.83. The number of anilines is 1. The molecule has 1 aromatic carbocycles. The Kier molecular flexibility index (Phi) is 6.08. The average Bonchev–Trinajstić information content (AvgIpc) is 2.94. The molecular formula is C16H21N3O4S. The van der Waals surface area contributed by atoms with Crippen molar-refractivity contribution in [3.63, 3.8) is 0 Å². The molecule has 7 nitrogen and oxygen atoms in total. The van der Waals surface area contributed by atoms with Crippen LogP contribution in [0.1, 0.15) is 37.9 Å². The lowest BCUT2D eigenvalue weighted by Gasteiger charge is -2.06. The van der Waals surface area contributed by atoms with E-state index < -0.39 is 9.84 Å². The molecule has 0 unspecified atom stereocenters. The van der Waals surface area contributed by atoms with Crippen LogP contribution < -0.4 is 5.32 Å². The van der Waals surface area contributed by atoms with Crippen LogP contribution in [0.4, 0.5) is 5.69 Å². The molecule has 0 fully saturated rings. The van der Waals surface area contributed by atoms with Gasteiger partial charge in [0.1, 0.15) is 0 Å². The SMILES string of the molecule is CCCc1noc(CCCC(=O)Nc2cccc(S(C)(=O)=O)c2)n1. The number of hydrogen-bond acceptors (Lipinski definition) is 6. The topological polar surface area (TPSA) is 102 Å². The summed E-state index contributed by atoms with van der Waals surface area (Å²) in [6.45, 7) is 2.04. The van der Waals surface area contributed by atoms with Gasteiger partial charge in [-0.2, -0.15) is 4.98 Å². The highest BCUT2D eigenvalue weighted by Crippen LogP contribution is 2.16. The largest absolute Gasteiger partial charge is 0.339 e. The van der Waals surface area contributed by atoms with Crippen molar-refractivity contribution in [2.24, 2.45) is 0 Å². The van der Waals surface area contributed by atoms with Crippen molar-refractivity contribution in [3.05, 3.63) is 36.0 Å². The van der Waals surface area contributed by atoms with Gasteiger partial charge in [0, 0.05) is 31.2 Å². The van der Waals surface area contributed by atoms with E-state index in [2.05, 4.69) is 15.5 Å². The van der Waals surface area contributed by atoms with Crippen molar-refractivity contribution in [1.82, 2.24) is 10.1 Å². The van der Waals surface area contributed by atoms with Gasteiger partial charge in [-0.1, -0.05) is 18.1 Å². The normalized spacial score (nSPS) is 11.4. The number of nitrogens with zero attached hydrogens (tertiary/aromatic N) is 2. The molecule has 0 bridgehead atoms. The minimum absolute atomic E-state index is 0.176. The van der Waals surface area contributed by atoms with Crippen molar-refractivity contribution < 1.29 is 17.7 Å². The molecule has 24 heavy (non-hydrogen) atoms. The number of aromatic nitrogens is 2. The maximum atomic E-state index is 11.9. The van der Waals surface area contributed by atoms with E-state index in [1.54, 1.807) is 12.1 Å². The second-order valence-electron chi connectivity index (χ2n) is 5.56. The van der Waals surface area contributed by atoms with E-state index in [1.807, 2.05) is 6.92 Å². The molecule has 0 aliphatic carbocycles. The van der Waals surface area contributed by atoms with Crippen molar-refractivity contribution in [3.8, 4) is 0 Å². The summed E-state index contributed by atoms with van der Waals surface area (Å²) in [7, 11) is -3.30. The van der Waals surface area contributed by atoms with Gasteiger partial charge in [-0.3, -0.25) is 4.79 Å². The minimum atomic E-state index is -3.30. The van der Waals surface area contributed by atoms with Crippen molar-refractivity contribution in [1.29, 1.82) is 0 Å². The van der Waals surface area contributed by atoms with Crippen LogP contribution in [-0.4, -0.2) is 30.7 Å². The van der Waals surface area contributed by atoms with E-state index in [0.717, 1.165) is 19.1 Å². The van der Waals surface area contributed by atoms with Crippen LogP contribution in [0.15, 0.2) is 33.7 Å². The summed E-state index contributed by atoms with van der Waals surface area (Å²) in [5.74, 6) is 1.04. The quantitative estimate of drug-likeness (QED) is 0.783. The molecule has 0 saturated carbocycles. The highest BCUT2D eigenvalue weighted by atomic mass is 32.2. The molecule has 1 amide bonds. The molecule has 0 spiro atoms. The summed E-state index contributed by atoms with van der Waals surface area (Å²) >= 11 is 0. The number of amides is 1. The van der Waals surface area contributed by atoms with Gasteiger partial charge in [-0.05, 0) is 31.0 Å². The van der Waals surface area contributed by atoms with Crippen LogP contribution in [0.3, 0.4) is 0 Å². The predicted octanol–water partition coefficient (Wildman–Crippen LogP) is 2.39. The molecule has 1 N–H and O–H groups in total. The van der Waals surface area contributed by atoms with E-state index >= 15 is 0 Å². The van der Waals surface area contributed by atoms with Crippen LogP contribution >= 0.6 is 0 Å². The predicted molar refractivity (Wildman–Crippen MR) is 89.4 cm³/mol. The second-order valence-corrected chi connectivity index (χ2v) is 7.57. The van der Waals surface area contributed by atoms with Gasteiger partial charge in [0.05, 0.1) is 4.90 Å². The van der Waals surface area contributed by atoms with Crippen LogP contribution in [-0.2, 0) is 27.5 Å². The molecule has 2 rings (SSSR count). The molecule has 0 radical (unpaired) electrons. The van der Waals surface area contributed by atoms with Gasteiger partial charge in [0.2, 0.25) is 11.8 Å². The number of carbonyl (C=O) groups is 1. The number of nitrogens with one attached hydrogen (secondary N) is 1. The van der Waals surface area contributed by atoms with Crippen molar-refractivity contribution >= 4 is 21.4 Å². The van der Waals surface area contributed by atoms with Crippen molar-refractivity contribution in [2.75, 3.05) is 11.6 Å². The molecule has 0 saturated heterocycles. The number of sulfone groups is 1. The number of carbonyl (C=O) groups excluding carboxylic acids is 1. The van der Waals surface area contributed by atoms with Gasteiger partial charge in [0.25, 0.3) is 0 Å². The van der Waals surface area contributed by atoms with Gasteiger partial charge in [-0.25, -0.2) is 8.42 Å². The summed E-state index contributed by atoms with van der Waals surface area (Å²) in [4.78, 5) is 16.4. The summed E-state index contributed by atoms with van der Waals surface area (Å²) in [6, 6.07) is 6.19. The molecule has 1 aromatic heterocycles. The summed E-state index contributed by atoms with van der Waals surface area (Å²) in [5.41, 5.74) is 0.464. The number of hydrogen-bond donors (Lipinski definition) is 1. The maximum absolute atomic E-state index is 11.9. The lowest BCUT2D eigenvalue weighted by Crippen LogP contribution is -2.12. The Bertz CT molecular complexity index is 799. The zero-order valence-electron chi connectivity index (χ0n) is 13.8. The number of rotatable bonds is 8. The standard InChI is InChI=1S/C16H21N3O4S/c1-3-6-14-18-16(23-19-14)10-5-9-15(20)17-12-7-4-8-13(11-12)24(2,21)22/h4,7-8,11H,3,5-6,9-10H2,1-2H3,(H,17,20). The van der Waals surface area contributed by atoms with Crippen LogP contribution in [0.2, 0.25) is 0 Å². The number of benzene rings is 1. The lowest BCUT2D eigenvalue weighted by atomic mass is 10.2. The third-order valence-corrected chi connectivity index (χ3v) is 4.43. The fraction of sp³-hybridized carbons (Fsp3) is 0.438. The van der Waals surface area contributed by atoms with E-state index in [-0.39, 0.29) is 17.2 Å². The average molecular weight is 351 g/mol. The summed E-state index contributed by atoms with van der Waals surface area (Å²) in [5, 5.41) is 6.56. The Morgan fingerprint density at radius 2 is 2.08 bits per heavy atom. The smallest absolute Gasteiger partial charge is 0.226 e. The fourth-order valence-corrected chi connectivity index (χ4v) is 2.81. The Labute approximate surface area is 141 Å². The first-order chi connectivity index (χ1) is 11.4. The molecule has 2 aromatic rings. The van der Waals surface area contributed by atoms with Crippen LogP contribution in [0.25, 0.3) is 0 Å². The van der Waals surface area contributed by atoms with Crippen molar-refractivity contribution in [2.45, 2.75) is 43.9 Å². The monoisotopic (exact) mass is 351 g/mol. The van der Waals surface area contributed by atoms with Gasteiger partial charge in [-0.15, -0.1) is 0 Å². The van der Waals surface area contributed by atoms with Gasteiger partial charge >= 0.3 is 0 Å². The fourth-order valence-electron chi connectivity index (χ4n) is 2.14. The summed E-state index contributed by atoms with van der Waals surface area (Å²) < 4.78 is 28.1. The van der Waals surface area contributed by atoms with E-state index in [4.69, 9.17) is 4.52 Å². The maximum Gasteiger partial charge on any atom is 0.226 e. The zero-order chi connectivity index (χ0) is 17.6. The third kappa shape index (κ3) is 5.45. The van der Waals surface area contributed by atoms with E-state index in [0.29, 0.717) is 30.2 Å². The molecule has 0 atom stereocenters. The minimum Gasteiger partial charge on any atom is -0.339 e. The molecule has 130 valence electrons. The molecule has 1 heterocycles. The Morgan fingerprint density at radius 1 is 1.29 bits per heavy atom. The highest BCUT2D eigenvalue weighted by Gasteiger charge is 2.10. The number of aryl methyl sites for hydroxylation is 2. The third-order valence-electron chi connectivity index (χ3n) is 3.32. The molecule has 0 aliphatic heterocycles. The first-order valence-corrected chi connectivity index (χ1v) is 9.69. The van der Waals surface area contributed by atoms with Crippen LogP contribution in [0.5, 0.6) is 0 Å². The summed E-state index contributed by atoms with van der Waals surface area (Å²) in [6.07, 6.45) is 4.26. The van der Waals surface area contributed by atoms with E-state index in [9.17, 15) is 13.2 Å². The molecule has 8 heteroatoms. The second kappa shape index (κ2) is 8.05. The van der Waals surface area contributed by atoms with Gasteiger partial charge < -0.3 is 9.84 Å². The Morgan fingerprint density at radius 3 is 2.79 bits per heavy atom. The zero-order valence-corrected chi connectivity index (χ0v) is 14.6. The Hall–Kier alpha value is -2.22. The van der Waals surface area contributed by atoms with Gasteiger partial charge in [0.15, 0.2) is 15.7 Å².